The minimum Gasteiger partial charge on any atom is -0.491 e. The highest BCUT2D eigenvalue weighted by molar-refractivity contribution is 7.10. The largest absolute Gasteiger partial charge is 0.491 e. The number of hydrogen-bond donors (Lipinski definition) is 0. The van der Waals surface area contributed by atoms with Crippen LogP contribution < -0.4 is 4.74 Å². The molecule has 6 heteroatoms. The minimum atomic E-state index is -0.171. The summed E-state index contributed by atoms with van der Waals surface area (Å²) in [5.74, 6) is 1.13. The van der Waals surface area contributed by atoms with Crippen molar-refractivity contribution in [3.8, 4) is 5.75 Å². The zero-order valence-electron chi connectivity index (χ0n) is 21.7. The molecule has 2 amide bonds. The Hall–Kier alpha value is -3.12. The third kappa shape index (κ3) is 5.98. The molecule has 0 radical (unpaired) electrons. The highest BCUT2D eigenvalue weighted by atomic mass is 32.1. The van der Waals surface area contributed by atoms with E-state index in [0.29, 0.717) is 31.2 Å². The van der Waals surface area contributed by atoms with Crippen LogP contribution in [0.15, 0.2) is 60.0 Å². The molecule has 0 bridgehead atoms. The van der Waals surface area contributed by atoms with Crippen molar-refractivity contribution < 1.29 is 14.3 Å². The van der Waals surface area contributed by atoms with Crippen molar-refractivity contribution in [3.63, 3.8) is 0 Å². The lowest BCUT2D eigenvalue weighted by Crippen LogP contribution is -2.48. The Bertz CT molecular complexity index is 1170. The zero-order valence-corrected chi connectivity index (χ0v) is 22.5. The Morgan fingerprint density at radius 1 is 1.08 bits per heavy atom. The molecule has 0 fully saturated rings. The summed E-state index contributed by atoms with van der Waals surface area (Å²) in [6, 6.07) is 17.7. The van der Waals surface area contributed by atoms with Gasteiger partial charge in [0.15, 0.2) is 0 Å². The Labute approximate surface area is 218 Å². The normalized spacial score (nSPS) is 15.0. The third-order valence-electron chi connectivity index (χ3n) is 6.78. The van der Waals surface area contributed by atoms with Crippen molar-refractivity contribution in [3.05, 3.63) is 87.1 Å². The fraction of sp³-hybridized carbons (Fsp3) is 0.400. The number of aryl methyl sites for hydroxylation is 1. The number of nitrogens with zero attached hydrogens (tertiary/aromatic N) is 2. The van der Waals surface area contributed by atoms with Crippen molar-refractivity contribution in [1.29, 1.82) is 0 Å². The molecule has 36 heavy (non-hydrogen) atoms. The van der Waals surface area contributed by atoms with Gasteiger partial charge in [-0.05, 0) is 72.5 Å². The summed E-state index contributed by atoms with van der Waals surface area (Å²) < 4.78 is 6.20. The summed E-state index contributed by atoms with van der Waals surface area (Å²) in [5.41, 5.74) is 4.15. The standard InChI is InChI=1S/C30H36N2O3S/c1-5-16-31(30(34)24-8-6-22(4)7-9-24)19-29(33)32-17-14-28-26(15-18-36-28)27(32)20-35-25-12-10-23(11-13-25)21(2)3/h6-13,15,18,21,27H,5,14,16-17,19-20H2,1-4H3. The van der Waals surface area contributed by atoms with E-state index in [1.807, 2.05) is 55.1 Å². The number of carbonyl (C=O) groups excluding carboxylic acids is 2. The van der Waals surface area contributed by atoms with Gasteiger partial charge in [-0.3, -0.25) is 9.59 Å². The van der Waals surface area contributed by atoms with Crippen LogP contribution in [0.4, 0.5) is 0 Å². The monoisotopic (exact) mass is 504 g/mol. The molecule has 4 rings (SSSR count). The number of hydrogen-bond acceptors (Lipinski definition) is 4. The van der Waals surface area contributed by atoms with Gasteiger partial charge in [0.05, 0.1) is 6.04 Å². The number of ether oxygens (including phenoxy) is 1. The van der Waals surface area contributed by atoms with E-state index in [4.69, 9.17) is 4.74 Å². The van der Waals surface area contributed by atoms with Gasteiger partial charge in [-0.1, -0.05) is 50.6 Å². The molecule has 2 aromatic carbocycles. The Kier molecular flexibility index (Phi) is 8.47. The first-order valence-corrected chi connectivity index (χ1v) is 13.7. The van der Waals surface area contributed by atoms with Crippen molar-refractivity contribution in [2.24, 2.45) is 0 Å². The average Bonchev–Trinajstić information content (AvgIpc) is 3.36. The first-order chi connectivity index (χ1) is 17.4. The molecule has 1 aliphatic heterocycles. The maximum absolute atomic E-state index is 13.6. The van der Waals surface area contributed by atoms with Crippen LogP contribution in [0.1, 0.15) is 71.1 Å². The van der Waals surface area contributed by atoms with Crippen LogP contribution in [-0.4, -0.2) is 47.9 Å². The maximum Gasteiger partial charge on any atom is 0.254 e. The van der Waals surface area contributed by atoms with E-state index in [2.05, 4.69) is 37.4 Å². The number of carbonyl (C=O) groups is 2. The van der Waals surface area contributed by atoms with Gasteiger partial charge in [-0.2, -0.15) is 0 Å². The average molecular weight is 505 g/mol. The molecule has 1 aliphatic rings. The SMILES string of the molecule is CCCN(CC(=O)N1CCc2sccc2C1COc1ccc(C(C)C)cc1)C(=O)c1ccc(C)cc1. The van der Waals surface area contributed by atoms with Crippen molar-refractivity contribution in [2.45, 2.75) is 52.5 Å². The van der Waals surface area contributed by atoms with Gasteiger partial charge in [-0.15, -0.1) is 11.3 Å². The molecule has 1 aromatic heterocycles. The first-order valence-electron chi connectivity index (χ1n) is 12.8. The predicted octanol–water partition coefficient (Wildman–Crippen LogP) is 6.24. The molecule has 1 atom stereocenters. The fourth-order valence-electron chi connectivity index (χ4n) is 4.65. The molecule has 0 saturated carbocycles. The van der Waals surface area contributed by atoms with E-state index in [1.165, 1.54) is 10.4 Å². The number of rotatable bonds is 9. The molecular formula is C30H36N2O3S. The van der Waals surface area contributed by atoms with Crippen LogP contribution in [0.3, 0.4) is 0 Å². The molecule has 3 aromatic rings. The molecule has 0 saturated heterocycles. The molecular weight excluding hydrogens is 468 g/mol. The van der Waals surface area contributed by atoms with Crippen LogP contribution in [0.2, 0.25) is 0 Å². The topological polar surface area (TPSA) is 49.9 Å². The number of thiophene rings is 1. The van der Waals surface area contributed by atoms with Crippen LogP contribution in [0, 0.1) is 6.92 Å². The Morgan fingerprint density at radius 2 is 1.81 bits per heavy atom. The lowest BCUT2D eigenvalue weighted by molar-refractivity contribution is -0.135. The Morgan fingerprint density at radius 3 is 2.47 bits per heavy atom. The van der Waals surface area contributed by atoms with Gasteiger partial charge in [0.25, 0.3) is 5.91 Å². The molecule has 0 aliphatic carbocycles. The second-order valence-electron chi connectivity index (χ2n) is 9.78. The summed E-state index contributed by atoms with van der Waals surface area (Å²) in [6.45, 7) is 9.99. The smallest absolute Gasteiger partial charge is 0.254 e. The van der Waals surface area contributed by atoms with E-state index in [9.17, 15) is 9.59 Å². The number of benzene rings is 2. The van der Waals surface area contributed by atoms with E-state index < -0.39 is 0 Å². The summed E-state index contributed by atoms with van der Waals surface area (Å²) in [4.78, 5) is 31.7. The molecule has 0 N–H and O–H groups in total. The highest BCUT2D eigenvalue weighted by Gasteiger charge is 2.33. The summed E-state index contributed by atoms with van der Waals surface area (Å²) >= 11 is 1.74. The van der Waals surface area contributed by atoms with Gasteiger partial charge < -0.3 is 14.5 Å². The van der Waals surface area contributed by atoms with E-state index in [0.717, 1.165) is 29.7 Å². The third-order valence-corrected chi connectivity index (χ3v) is 7.77. The lowest BCUT2D eigenvalue weighted by Gasteiger charge is -2.37. The van der Waals surface area contributed by atoms with Crippen molar-refractivity contribution >= 4 is 23.2 Å². The quantitative estimate of drug-likeness (QED) is 0.347. The van der Waals surface area contributed by atoms with Crippen LogP contribution >= 0.6 is 11.3 Å². The summed E-state index contributed by atoms with van der Waals surface area (Å²) in [6.07, 6.45) is 1.62. The number of amides is 2. The van der Waals surface area contributed by atoms with Gasteiger partial charge in [-0.25, -0.2) is 0 Å². The van der Waals surface area contributed by atoms with Crippen LogP contribution in [0.25, 0.3) is 0 Å². The first kappa shape index (κ1) is 26.0. The van der Waals surface area contributed by atoms with Crippen LogP contribution in [0.5, 0.6) is 5.75 Å². The Balaban J connectivity index is 1.50. The highest BCUT2D eigenvalue weighted by Crippen LogP contribution is 2.34. The number of fused-ring (bicyclic) bond motifs is 1. The van der Waals surface area contributed by atoms with E-state index in [1.54, 1.807) is 16.2 Å². The molecule has 1 unspecified atom stereocenters. The molecule has 2 heterocycles. The maximum atomic E-state index is 13.6. The second kappa shape index (κ2) is 11.7. The van der Waals surface area contributed by atoms with E-state index >= 15 is 0 Å². The molecule has 0 spiro atoms. The van der Waals surface area contributed by atoms with Crippen molar-refractivity contribution in [2.75, 3.05) is 26.2 Å². The van der Waals surface area contributed by atoms with Crippen LogP contribution in [-0.2, 0) is 11.2 Å². The minimum absolute atomic E-state index is 0.0375. The van der Waals surface area contributed by atoms with Crippen molar-refractivity contribution in [1.82, 2.24) is 9.80 Å². The van der Waals surface area contributed by atoms with Gasteiger partial charge >= 0.3 is 0 Å². The molecule has 190 valence electrons. The fourth-order valence-corrected chi connectivity index (χ4v) is 5.58. The summed E-state index contributed by atoms with van der Waals surface area (Å²) in [7, 11) is 0. The lowest BCUT2D eigenvalue weighted by atomic mass is 10.00. The van der Waals surface area contributed by atoms with Gasteiger partial charge in [0.1, 0.15) is 18.9 Å². The molecule has 5 nitrogen and oxygen atoms in total. The van der Waals surface area contributed by atoms with Gasteiger partial charge in [0.2, 0.25) is 5.91 Å². The predicted molar refractivity (Wildman–Crippen MR) is 146 cm³/mol. The van der Waals surface area contributed by atoms with Gasteiger partial charge in [0, 0.05) is 23.5 Å². The summed E-state index contributed by atoms with van der Waals surface area (Å²) in [5, 5.41) is 2.09. The van der Waals surface area contributed by atoms with E-state index in [-0.39, 0.29) is 24.4 Å². The zero-order chi connectivity index (χ0) is 25.7. The second-order valence-corrected chi connectivity index (χ2v) is 10.8.